The van der Waals surface area contributed by atoms with Crippen molar-refractivity contribution >= 4 is 0 Å². The minimum atomic E-state index is -0.299. The molecule has 2 atom stereocenters. The van der Waals surface area contributed by atoms with Crippen molar-refractivity contribution in [1.29, 1.82) is 0 Å². The zero-order valence-electron chi connectivity index (χ0n) is 14.4. The van der Waals surface area contributed by atoms with Gasteiger partial charge in [0.25, 0.3) is 0 Å². The summed E-state index contributed by atoms with van der Waals surface area (Å²) < 4.78 is 5.60. The lowest BCUT2D eigenvalue weighted by Crippen LogP contribution is -2.39. The van der Waals surface area contributed by atoms with Crippen molar-refractivity contribution in [3.8, 4) is 5.75 Å². The van der Waals surface area contributed by atoms with Crippen LogP contribution in [-0.2, 0) is 6.42 Å². The zero-order chi connectivity index (χ0) is 16.2. The number of hydrogen-bond donors (Lipinski definition) is 2. The van der Waals surface area contributed by atoms with Crippen LogP contribution in [0.25, 0.3) is 0 Å². The molecule has 2 aliphatic rings. The van der Waals surface area contributed by atoms with Crippen molar-refractivity contribution in [2.75, 3.05) is 32.8 Å². The van der Waals surface area contributed by atoms with Crippen LogP contribution in [-0.4, -0.2) is 48.9 Å². The molecule has 2 unspecified atom stereocenters. The van der Waals surface area contributed by atoms with Crippen LogP contribution in [0.3, 0.4) is 0 Å². The van der Waals surface area contributed by atoms with E-state index in [2.05, 4.69) is 42.3 Å². The standard InChI is InChI=1S/C19H30N2O2/c1-14(2)19(16-5-6-18-15(11-16)7-10-23-18)20-12-17(22)13-21-8-3-4-9-21/h5-6,11,14,17,19-20,22H,3-4,7-10,12-13H2,1-2H3. The average Bonchev–Trinajstić information content (AvgIpc) is 3.17. The molecular formula is C19H30N2O2. The third-order valence-corrected chi connectivity index (χ3v) is 4.98. The zero-order valence-corrected chi connectivity index (χ0v) is 14.4. The van der Waals surface area contributed by atoms with Gasteiger partial charge in [0.2, 0.25) is 0 Å². The van der Waals surface area contributed by atoms with Gasteiger partial charge in [-0.25, -0.2) is 0 Å². The van der Waals surface area contributed by atoms with Gasteiger partial charge in [0.05, 0.1) is 12.7 Å². The maximum absolute atomic E-state index is 10.3. The molecule has 0 saturated carbocycles. The topological polar surface area (TPSA) is 44.7 Å². The summed E-state index contributed by atoms with van der Waals surface area (Å²) in [7, 11) is 0. The van der Waals surface area contributed by atoms with Gasteiger partial charge in [-0.15, -0.1) is 0 Å². The van der Waals surface area contributed by atoms with Crippen molar-refractivity contribution in [3.05, 3.63) is 29.3 Å². The highest BCUT2D eigenvalue weighted by atomic mass is 16.5. The van der Waals surface area contributed by atoms with Crippen LogP contribution in [0.15, 0.2) is 18.2 Å². The highest BCUT2D eigenvalue weighted by molar-refractivity contribution is 5.40. The van der Waals surface area contributed by atoms with Crippen LogP contribution in [0, 0.1) is 5.92 Å². The first-order chi connectivity index (χ1) is 11.1. The Kier molecular flexibility index (Phi) is 5.57. The van der Waals surface area contributed by atoms with E-state index in [0.29, 0.717) is 12.5 Å². The van der Waals surface area contributed by atoms with Gasteiger partial charge in [-0.05, 0) is 49.0 Å². The molecule has 128 valence electrons. The lowest BCUT2D eigenvalue weighted by molar-refractivity contribution is 0.118. The minimum Gasteiger partial charge on any atom is -0.493 e. The summed E-state index contributed by atoms with van der Waals surface area (Å²) >= 11 is 0. The van der Waals surface area contributed by atoms with E-state index in [1.165, 1.54) is 24.0 Å². The lowest BCUT2D eigenvalue weighted by atomic mass is 9.94. The molecule has 0 aromatic heterocycles. The van der Waals surface area contributed by atoms with Crippen LogP contribution in [0.1, 0.15) is 43.9 Å². The molecule has 2 N–H and O–H groups in total. The predicted molar refractivity (Wildman–Crippen MR) is 92.9 cm³/mol. The number of β-amino-alcohol motifs (C(OH)–C–C–N with tert-alkyl or cyclic N) is 1. The summed E-state index contributed by atoms with van der Waals surface area (Å²) in [6.45, 7) is 8.96. The fourth-order valence-electron chi connectivity index (χ4n) is 3.73. The second kappa shape index (κ2) is 7.65. The number of benzene rings is 1. The van der Waals surface area contributed by atoms with Crippen LogP contribution in [0.2, 0.25) is 0 Å². The molecule has 0 radical (unpaired) electrons. The summed E-state index contributed by atoms with van der Waals surface area (Å²) in [4.78, 5) is 2.36. The molecule has 2 heterocycles. The van der Waals surface area contributed by atoms with Gasteiger partial charge in [0.15, 0.2) is 0 Å². The van der Waals surface area contributed by atoms with Gasteiger partial charge in [-0.1, -0.05) is 26.0 Å². The third kappa shape index (κ3) is 4.25. The highest BCUT2D eigenvalue weighted by Crippen LogP contribution is 2.30. The smallest absolute Gasteiger partial charge is 0.122 e. The van der Waals surface area contributed by atoms with Crippen LogP contribution in [0.5, 0.6) is 5.75 Å². The number of ether oxygens (including phenoxy) is 1. The molecule has 0 amide bonds. The number of hydrogen-bond acceptors (Lipinski definition) is 4. The van der Waals surface area contributed by atoms with E-state index in [9.17, 15) is 5.11 Å². The fourth-order valence-corrected chi connectivity index (χ4v) is 3.73. The normalized spacial score (nSPS) is 20.5. The Balaban J connectivity index is 1.58. The molecule has 4 heteroatoms. The van der Waals surface area contributed by atoms with E-state index in [1.54, 1.807) is 0 Å². The summed E-state index contributed by atoms with van der Waals surface area (Å²) in [6.07, 6.45) is 3.25. The monoisotopic (exact) mass is 318 g/mol. The molecule has 0 bridgehead atoms. The van der Waals surface area contributed by atoms with Gasteiger partial charge in [-0.2, -0.15) is 0 Å². The van der Waals surface area contributed by atoms with Gasteiger partial charge in [-0.3, -0.25) is 0 Å². The number of fused-ring (bicyclic) bond motifs is 1. The van der Waals surface area contributed by atoms with E-state index in [-0.39, 0.29) is 12.1 Å². The molecule has 23 heavy (non-hydrogen) atoms. The lowest BCUT2D eigenvalue weighted by Gasteiger charge is -2.26. The molecule has 4 nitrogen and oxygen atoms in total. The maximum Gasteiger partial charge on any atom is 0.122 e. The number of aliphatic hydroxyl groups is 1. The van der Waals surface area contributed by atoms with Crippen LogP contribution >= 0.6 is 0 Å². The Hall–Kier alpha value is -1.10. The first-order valence-electron chi connectivity index (χ1n) is 9.03. The van der Waals surface area contributed by atoms with Crippen molar-refractivity contribution in [2.45, 2.75) is 45.3 Å². The first-order valence-corrected chi connectivity index (χ1v) is 9.03. The minimum absolute atomic E-state index is 0.272. The number of rotatable bonds is 7. The van der Waals surface area contributed by atoms with Crippen molar-refractivity contribution < 1.29 is 9.84 Å². The molecule has 1 aromatic carbocycles. The molecule has 1 aromatic rings. The van der Waals surface area contributed by atoms with Gasteiger partial charge in [0, 0.05) is 25.6 Å². The second-order valence-corrected chi connectivity index (χ2v) is 7.26. The summed E-state index contributed by atoms with van der Waals surface area (Å²) in [5, 5.41) is 13.9. The fraction of sp³-hybridized carbons (Fsp3) is 0.684. The third-order valence-electron chi connectivity index (χ3n) is 4.98. The Morgan fingerprint density at radius 1 is 1.26 bits per heavy atom. The maximum atomic E-state index is 10.3. The average molecular weight is 318 g/mol. The number of nitrogens with zero attached hydrogens (tertiary/aromatic N) is 1. The van der Waals surface area contributed by atoms with Gasteiger partial charge < -0.3 is 20.1 Å². The van der Waals surface area contributed by atoms with E-state index in [1.807, 2.05) is 0 Å². The van der Waals surface area contributed by atoms with Crippen LogP contribution < -0.4 is 10.1 Å². The largest absolute Gasteiger partial charge is 0.493 e. The molecule has 1 fully saturated rings. The van der Waals surface area contributed by atoms with Gasteiger partial charge >= 0.3 is 0 Å². The van der Waals surface area contributed by atoms with Crippen LogP contribution in [0.4, 0.5) is 0 Å². The van der Waals surface area contributed by atoms with Crippen molar-refractivity contribution in [3.63, 3.8) is 0 Å². The predicted octanol–water partition coefficient (Wildman–Crippen LogP) is 2.36. The molecule has 0 spiro atoms. The highest BCUT2D eigenvalue weighted by Gasteiger charge is 2.21. The number of aliphatic hydroxyl groups excluding tert-OH is 1. The molecule has 2 aliphatic heterocycles. The molecule has 3 rings (SSSR count). The Morgan fingerprint density at radius 2 is 2.04 bits per heavy atom. The Morgan fingerprint density at radius 3 is 2.78 bits per heavy atom. The summed E-state index contributed by atoms with van der Waals surface area (Å²) in [5.74, 6) is 1.51. The van der Waals surface area contributed by atoms with Crippen molar-refractivity contribution in [1.82, 2.24) is 10.2 Å². The van der Waals surface area contributed by atoms with E-state index in [0.717, 1.165) is 38.4 Å². The quantitative estimate of drug-likeness (QED) is 0.810. The summed E-state index contributed by atoms with van der Waals surface area (Å²) in [5.41, 5.74) is 2.62. The molecule has 1 saturated heterocycles. The Labute approximate surface area is 139 Å². The SMILES string of the molecule is CC(C)C(NCC(O)CN1CCCC1)c1ccc2c(c1)CCO2. The summed E-state index contributed by atoms with van der Waals surface area (Å²) in [6, 6.07) is 6.80. The number of likely N-dealkylation sites (tertiary alicyclic amines) is 1. The van der Waals surface area contributed by atoms with Gasteiger partial charge in [0.1, 0.15) is 5.75 Å². The van der Waals surface area contributed by atoms with E-state index >= 15 is 0 Å². The second-order valence-electron chi connectivity index (χ2n) is 7.26. The molecular weight excluding hydrogens is 288 g/mol. The van der Waals surface area contributed by atoms with E-state index in [4.69, 9.17) is 4.74 Å². The van der Waals surface area contributed by atoms with Crippen molar-refractivity contribution in [2.24, 2.45) is 5.92 Å². The Bertz CT molecular complexity index is 512. The first kappa shape index (κ1) is 16.7. The molecule has 0 aliphatic carbocycles. The van der Waals surface area contributed by atoms with E-state index < -0.39 is 0 Å². The number of nitrogens with one attached hydrogen (secondary N) is 1.